The SMILES string of the molecule is COCCn1cc(-c2cc3ccccc3s2)sc1=NC(=O)C12CC3CC(CC(C3)C1)C2. The van der Waals surface area contributed by atoms with E-state index in [1.54, 1.807) is 29.8 Å². The van der Waals surface area contributed by atoms with Gasteiger partial charge >= 0.3 is 0 Å². The molecule has 0 N–H and O–H groups in total. The van der Waals surface area contributed by atoms with Crippen molar-refractivity contribution in [2.24, 2.45) is 28.2 Å². The van der Waals surface area contributed by atoms with E-state index >= 15 is 0 Å². The average molecular weight is 453 g/mol. The van der Waals surface area contributed by atoms with Crippen molar-refractivity contribution in [1.29, 1.82) is 0 Å². The Bertz CT molecular complexity index is 1130. The Balaban J connectivity index is 1.37. The summed E-state index contributed by atoms with van der Waals surface area (Å²) in [7, 11) is 1.72. The summed E-state index contributed by atoms with van der Waals surface area (Å²) >= 11 is 3.44. The average Bonchev–Trinajstić information content (AvgIpc) is 3.35. The van der Waals surface area contributed by atoms with Gasteiger partial charge in [0.15, 0.2) is 4.80 Å². The number of rotatable bonds is 5. The number of thiophene rings is 1. The van der Waals surface area contributed by atoms with Gasteiger partial charge in [-0.15, -0.1) is 11.3 Å². The van der Waals surface area contributed by atoms with Crippen LogP contribution in [0.5, 0.6) is 0 Å². The number of amides is 1. The largest absolute Gasteiger partial charge is 0.383 e. The molecular weight excluding hydrogens is 424 g/mol. The lowest BCUT2D eigenvalue weighted by molar-refractivity contribution is -0.142. The Morgan fingerprint density at radius 1 is 1.10 bits per heavy atom. The number of aromatic nitrogens is 1. The van der Waals surface area contributed by atoms with Crippen LogP contribution in [0.15, 0.2) is 41.5 Å². The molecule has 0 saturated heterocycles. The summed E-state index contributed by atoms with van der Waals surface area (Å²) in [6.45, 7) is 1.33. The van der Waals surface area contributed by atoms with E-state index in [0.29, 0.717) is 13.2 Å². The van der Waals surface area contributed by atoms with Gasteiger partial charge in [-0.1, -0.05) is 29.5 Å². The van der Waals surface area contributed by atoms with Gasteiger partial charge in [0.2, 0.25) is 0 Å². The predicted octanol–water partition coefficient (Wildman–Crippen LogP) is 5.72. The number of carbonyl (C=O) groups excluding carboxylic acids is 1. The van der Waals surface area contributed by atoms with Crippen LogP contribution in [0.25, 0.3) is 19.8 Å². The van der Waals surface area contributed by atoms with Crippen LogP contribution in [0.3, 0.4) is 0 Å². The molecule has 1 aromatic carbocycles. The number of ether oxygens (including phenoxy) is 1. The number of methoxy groups -OCH3 is 1. The molecule has 4 aliphatic rings. The summed E-state index contributed by atoms with van der Waals surface area (Å²) in [5, 5.41) is 1.27. The normalized spacial score (nSPS) is 29.8. The van der Waals surface area contributed by atoms with Crippen molar-refractivity contribution in [2.75, 3.05) is 13.7 Å². The van der Waals surface area contributed by atoms with Crippen LogP contribution in [0.4, 0.5) is 0 Å². The molecule has 0 aliphatic heterocycles. The number of hydrogen-bond donors (Lipinski definition) is 0. The molecule has 0 atom stereocenters. The number of hydrogen-bond acceptors (Lipinski definition) is 4. The molecule has 0 radical (unpaired) electrons. The van der Waals surface area contributed by atoms with E-state index in [1.165, 1.54) is 39.1 Å². The topological polar surface area (TPSA) is 43.6 Å². The Hall–Kier alpha value is -1.76. The Morgan fingerprint density at radius 3 is 2.48 bits per heavy atom. The Labute approximate surface area is 190 Å². The van der Waals surface area contributed by atoms with E-state index in [2.05, 4.69) is 41.1 Å². The van der Waals surface area contributed by atoms with Crippen molar-refractivity contribution in [1.82, 2.24) is 4.57 Å². The molecule has 4 nitrogen and oxygen atoms in total. The van der Waals surface area contributed by atoms with Crippen molar-refractivity contribution in [3.05, 3.63) is 41.3 Å². The maximum atomic E-state index is 13.6. The van der Waals surface area contributed by atoms with Crippen LogP contribution in [-0.4, -0.2) is 24.2 Å². The first-order valence-corrected chi connectivity index (χ1v) is 13.0. The maximum absolute atomic E-state index is 13.6. The van der Waals surface area contributed by atoms with E-state index in [1.807, 2.05) is 0 Å². The van der Waals surface area contributed by atoms with Crippen molar-refractivity contribution in [3.63, 3.8) is 0 Å². The molecule has 4 saturated carbocycles. The zero-order valence-corrected chi connectivity index (χ0v) is 19.5. The second-order valence-electron chi connectivity index (χ2n) is 9.83. The number of fused-ring (bicyclic) bond motifs is 1. The number of thiazole rings is 1. The quantitative estimate of drug-likeness (QED) is 0.497. The van der Waals surface area contributed by atoms with E-state index in [-0.39, 0.29) is 11.3 Å². The Morgan fingerprint density at radius 2 is 1.81 bits per heavy atom. The molecule has 4 fully saturated rings. The summed E-state index contributed by atoms with van der Waals surface area (Å²) in [5.74, 6) is 2.40. The van der Waals surface area contributed by atoms with E-state index in [9.17, 15) is 4.79 Å². The molecule has 2 heterocycles. The van der Waals surface area contributed by atoms with Gasteiger partial charge in [0.25, 0.3) is 5.91 Å². The Kier molecular flexibility index (Phi) is 4.93. The molecular formula is C25H28N2O2S2. The third-order valence-corrected chi connectivity index (χ3v) is 9.95. The molecule has 7 rings (SSSR count). The predicted molar refractivity (Wildman–Crippen MR) is 126 cm³/mol. The highest BCUT2D eigenvalue weighted by Crippen LogP contribution is 2.60. The summed E-state index contributed by atoms with van der Waals surface area (Å²) in [6, 6.07) is 10.7. The molecule has 2 aromatic heterocycles. The number of benzene rings is 1. The first-order chi connectivity index (χ1) is 15.1. The molecule has 6 heteroatoms. The highest BCUT2D eigenvalue weighted by molar-refractivity contribution is 7.25. The zero-order valence-electron chi connectivity index (χ0n) is 17.9. The molecule has 31 heavy (non-hydrogen) atoms. The summed E-state index contributed by atoms with van der Waals surface area (Å²) in [6.07, 6.45) is 9.37. The number of nitrogens with zero attached hydrogens (tertiary/aromatic N) is 2. The molecule has 4 bridgehead atoms. The monoisotopic (exact) mass is 452 g/mol. The van der Waals surface area contributed by atoms with Crippen LogP contribution < -0.4 is 4.80 Å². The van der Waals surface area contributed by atoms with Gasteiger partial charge in [-0.25, -0.2) is 0 Å². The zero-order chi connectivity index (χ0) is 21.0. The molecule has 4 aliphatic carbocycles. The van der Waals surface area contributed by atoms with E-state index in [0.717, 1.165) is 41.8 Å². The standard InChI is InChI=1S/C25H28N2O2S2/c1-29-7-6-27-15-22(21-11-19-4-2-3-5-20(19)30-21)31-24(27)26-23(28)25-12-16-8-17(13-25)10-18(9-16)14-25/h2-5,11,15-18H,6-10,12-14H2,1H3. The molecule has 1 amide bonds. The molecule has 0 spiro atoms. The summed E-state index contributed by atoms with van der Waals surface area (Å²) in [5.41, 5.74) is -0.185. The first-order valence-electron chi connectivity index (χ1n) is 11.4. The van der Waals surface area contributed by atoms with Crippen LogP contribution in [0, 0.1) is 23.2 Å². The lowest BCUT2D eigenvalue weighted by Gasteiger charge is -2.55. The van der Waals surface area contributed by atoms with Crippen molar-refractivity contribution < 1.29 is 9.53 Å². The first kappa shape index (κ1) is 19.9. The van der Waals surface area contributed by atoms with Gasteiger partial charge in [-0.2, -0.15) is 4.99 Å². The minimum Gasteiger partial charge on any atom is -0.383 e. The minimum atomic E-state index is -0.185. The van der Waals surface area contributed by atoms with Gasteiger partial charge in [0.05, 0.1) is 16.9 Å². The van der Waals surface area contributed by atoms with E-state index in [4.69, 9.17) is 9.73 Å². The van der Waals surface area contributed by atoms with Crippen LogP contribution >= 0.6 is 22.7 Å². The van der Waals surface area contributed by atoms with Gasteiger partial charge < -0.3 is 9.30 Å². The second-order valence-corrected chi connectivity index (χ2v) is 11.9. The minimum absolute atomic E-state index is 0.141. The number of carbonyl (C=O) groups is 1. The third kappa shape index (κ3) is 3.53. The maximum Gasteiger partial charge on any atom is 0.254 e. The second kappa shape index (κ2) is 7.68. The molecule has 162 valence electrons. The van der Waals surface area contributed by atoms with Gasteiger partial charge in [-0.05, 0) is 73.8 Å². The van der Waals surface area contributed by atoms with Crippen molar-refractivity contribution >= 4 is 38.7 Å². The molecule has 3 aromatic rings. The fourth-order valence-electron chi connectivity index (χ4n) is 6.61. The van der Waals surface area contributed by atoms with Gasteiger partial charge in [0.1, 0.15) is 0 Å². The highest BCUT2D eigenvalue weighted by Gasteiger charge is 2.54. The van der Waals surface area contributed by atoms with Crippen molar-refractivity contribution in [2.45, 2.75) is 45.1 Å². The van der Waals surface area contributed by atoms with Crippen LogP contribution in [0.2, 0.25) is 0 Å². The van der Waals surface area contributed by atoms with Gasteiger partial charge in [-0.3, -0.25) is 4.79 Å². The summed E-state index contributed by atoms with van der Waals surface area (Å²) < 4.78 is 8.74. The lowest BCUT2D eigenvalue weighted by Crippen LogP contribution is -2.49. The fraction of sp³-hybridized carbons (Fsp3) is 0.520. The van der Waals surface area contributed by atoms with E-state index < -0.39 is 0 Å². The summed E-state index contributed by atoms with van der Waals surface area (Å²) in [4.78, 5) is 21.6. The highest BCUT2D eigenvalue weighted by atomic mass is 32.1. The van der Waals surface area contributed by atoms with Crippen LogP contribution in [0.1, 0.15) is 38.5 Å². The lowest BCUT2D eigenvalue weighted by atomic mass is 9.49. The smallest absolute Gasteiger partial charge is 0.254 e. The van der Waals surface area contributed by atoms with Crippen molar-refractivity contribution in [3.8, 4) is 9.75 Å². The van der Waals surface area contributed by atoms with Gasteiger partial charge in [0, 0.05) is 29.4 Å². The van der Waals surface area contributed by atoms with Crippen LogP contribution in [-0.2, 0) is 16.1 Å². The fourth-order valence-corrected chi connectivity index (χ4v) is 8.76. The molecule has 0 unspecified atom stereocenters. The third-order valence-electron chi connectivity index (χ3n) is 7.61.